The van der Waals surface area contributed by atoms with Gasteiger partial charge in [0, 0.05) is 35.3 Å². The number of carbonyl (C=O) groups is 4. The summed E-state index contributed by atoms with van der Waals surface area (Å²) in [6.45, 7) is 14.9. The lowest BCUT2D eigenvalue weighted by atomic mass is 9.80. The summed E-state index contributed by atoms with van der Waals surface area (Å²) in [5.74, 6) is -2.24. The number of hydrogen-bond donors (Lipinski definition) is 0. The minimum atomic E-state index is -0.647. The summed E-state index contributed by atoms with van der Waals surface area (Å²) >= 11 is 0. The van der Waals surface area contributed by atoms with E-state index in [0.29, 0.717) is 12.8 Å². The normalized spacial score (nSPS) is 12.4. The average Bonchev–Trinajstić information content (AvgIpc) is 3.08. The van der Waals surface area contributed by atoms with Gasteiger partial charge in [-0.15, -0.1) is 0 Å². The highest BCUT2D eigenvalue weighted by atomic mass is 16.5. The molecule has 1 aliphatic carbocycles. The number of hydrogen-bond acceptors (Lipinski definition) is 8. The molecule has 1 aliphatic rings. The van der Waals surface area contributed by atoms with Crippen molar-refractivity contribution in [2.75, 3.05) is 52.5 Å². The highest BCUT2D eigenvalue weighted by molar-refractivity contribution is 6.32. The molecule has 0 saturated carbocycles. The van der Waals surface area contributed by atoms with Crippen LogP contribution >= 0.6 is 0 Å². The molecular formula is C38H54N2O6. The molecule has 0 atom stereocenters. The zero-order chi connectivity index (χ0) is 33.3. The van der Waals surface area contributed by atoms with Crippen LogP contribution in [0, 0.1) is 0 Å². The Balaban J connectivity index is 1.69. The number of rotatable bonds is 22. The lowest BCUT2D eigenvalue weighted by molar-refractivity contribution is 0.0479. The second-order valence-corrected chi connectivity index (χ2v) is 12.2. The Bertz CT molecular complexity index is 1190. The fourth-order valence-electron chi connectivity index (χ4n) is 5.84. The van der Waals surface area contributed by atoms with Crippen molar-refractivity contribution in [3.63, 3.8) is 0 Å². The maximum atomic E-state index is 14.0. The smallest absolute Gasteiger partial charge is 0.338 e. The van der Waals surface area contributed by atoms with Crippen LogP contribution in [-0.2, 0) is 9.47 Å². The van der Waals surface area contributed by atoms with Crippen LogP contribution in [0.3, 0.4) is 0 Å². The number of nitrogens with zero attached hydrogens (tertiary/aromatic N) is 2. The number of benzene rings is 2. The van der Waals surface area contributed by atoms with E-state index in [1.807, 2.05) is 0 Å². The fourth-order valence-corrected chi connectivity index (χ4v) is 5.84. The first kappa shape index (κ1) is 37.1. The Hall–Kier alpha value is -3.36. The summed E-state index contributed by atoms with van der Waals surface area (Å²) in [6.07, 6.45) is 10.4. The average molecular weight is 635 g/mol. The summed E-state index contributed by atoms with van der Waals surface area (Å²) in [5, 5.41) is 0. The van der Waals surface area contributed by atoms with Gasteiger partial charge in [-0.05, 0) is 76.8 Å². The lowest BCUT2D eigenvalue weighted by Crippen LogP contribution is -2.29. The van der Waals surface area contributed by atoms with Crippen LogP contribution < -0.4 is 0 Å². The molecule has 0 spiro atoms. The maximum absolute atomic E-state index is 14.0. The third-order valence-electron chi connectivity index (χ3n) is 8.53. The highest BCUT2D eigenvalue weighted by Gasteiger charge is 2.36. The number of esters is 2. The van der Waals surface area contributed by atoms with Crippen LogP contribution in [0.25, 0.3) is 0 Å². The Morgan fingerprint density at radius 1 is 0.522 bits per heavy atom. The first-order valence-corrected chi connectivity index (χ1v) is 17.5. The van der Waals surface area contributed by atoms with Gasteiger partial charge in [0.1, 0.15) is 0 Å². The molecule has 0 fully saturated rings. The van der Waals surface area contributed by atoms with Gasteiger partial charge in [-0.2, -0.15) is 0 Å². The SMILES string of the molecule is CCCCN(CCCC)CCCOC(=O)c1cccc2c1C(=O)c1c(C(=O)OCCCN(CCCC)CCCC)cccc1C2=O. The molecule has 0 amide bonds. The quantitative estimate of drug-likeness (QED) is 0.0836. The topological polar surface area (TPSA) is 93.2 Å². The Morgan fingerprint density at radius 2 is 0.870 bits per heavy atom. The van der Waals surface area contributed by atoms with Crippen molar-refractivity contribution >= 4 is 23.5 Å². The third kappa shape index (κ3) is 10.3. The van der Waals surface area contributed by atoms with Gasteiger partial charge in [0.25, 0.3) is 0 Å². The largest absolute Gasteiger partial charge is 0.462 e. The fraction of sp³-hybridized carbons (Fsp3) is 0.579. The van der Waals surface area contributed by atoms with E-state index < -0.39 is 23.5 Å². The molecule has 252 valence electrons. The number of ether oxygens (including phenoxy) is 2. The summed E-state index contributed by atoms with van der Waals surface area (Å²) < 4.78 is 11.2. The highest BCUT2D eigenvalue weighted by Crippen LogP contribution is 2.32. The van der Waals surface area contributed by atoms with E-state index in [0.717, 1.165) is 90.6 Å². The Kier molecular flexibility index (Phi) is 16.1. The molecule has 0 unspecified atom stereocenters. The molecular weight excluding hydrogens is 580 g/mol. The van der Waals surface area contributed by atoms with Crippen molar-refractivity contribution in [1.82, 2.24) is 9.80 Å². The molecule has 0 aliphatic heterocycles. The predicted molar refractivity (Wildman–Crippen MR) is 182 cm³/mol. The summed E-state index contributed by atoms with van der Waals surface area (Å²) in [6, 6.07) is 9.28. The number of fused-ring (bicyclic) bond motifs is 2. The molecule has 0 saturated heterocycles. The Morgan fingerprint density at radius 3 is 1.22 bits per heavy atom. The molecule has 3 rings (SSSR count). The van der Waals surface area contributed by atoms with E-state index in [-0.39, 0.29) is 46.6 Å². The third-order valence-corrected chi connectivity index (χ3v) is 8.53. The van der Waals surface area contributed by atoms with Crippen molar-refractivity contribution < 1.29 is 28.7 Å². The van der Waals surface area contributed by atoms with Crippen molar-refractivity contribution in [3.05, 3.63) is 69.8 Å². The summed E-state index contributed by atoms with van der Waals surface area (Å²) in [7, 11) is 0. The predicted octanol–water partition coefficient (Wildman–Crippen LogP) is 7.36. The summed E-state index contributed by atoms with van der Waals surface area (Å²) in [4.78, 5) is 58.8. The second kappa shape index (κ2) is 20.0. The minimum absolute atomic E-state index is 0.0136. The minimum Gasteiger partial charge on any atom is -0.462 e. The molecule has 8 heteroatoms. The first-order chi connectivity index (χ1) is 22.4. The molecule has 2 aromatic rings. The molecule has 0 N–H and O–H groups in total. The van der Waals surface area contributed by atoms with Crippen molar-refractivity contribution in [2.45, 2.75) is 91.9 Å². The van der Waals surface area contributed by atoms with Crippen molar-refractivity contribution in [3.8, 4) is 0 Å². The monoisotopic (exact) mass is 634 g/mol. The van der Waals surface area contributed by atoms with Crippen LogP contribution in [0.4, 0.5) is 0 Å². The van der Waals surface area contributed by atoms with Gasteiger partial charge in [-0.3, -0.25) is 9.59 Å². The van der Waals surface area contributed by atoms with Gasteiger partial charge >= 0.3 is 11.9 Å². The standard InChI is InChI=1S/C38H54N2O6/c1-5-9-21-39(22-10-6-2)25-15-27-45-37(43)31-19-13-17-29-33(31)36(42)34-30(35(29)41)18-14-20-32(34)38(44)46-28-16-26-40(23-11-7-3)24-12-8-4/h13-14,17-20H,5-12,15-16,21-28H2,1-4H3. The lowest BCUT2D eigenvalue weighted by Gasteiger charge is -2.23. The van der Waals surface area contributed by atoms with Gasteiger partial charge in [0.05, 0.1) is 24.3 Å². The van der Waals surface area contributed by atoms with E-state index in [9.17, 15) is 19.2 Å². The van der Waals surface area contributed by atoms with Crippen LogP contribution in [0.2, 0.25) is 0 Å². The van der Waals surface area contributed by atoms with E-state index in [1.165, 1.54) is 12.1 Å². The molecule has 0 radical (unpaired) electrons. The molecule has 8 nitrogen and oxygen atoms in total. The van der Waals surface area contributed by atoms with E-state index in [2.05, 4.69) is 37.5 Å². The maximum Gasteiger partial charge on any atom is 0.338 e. The molecule has 2 aromatic carbocycles. The van der Waals surface area contributed by atoms with Gasteiger partial charge in [0.15, 0.2) is 11.6 Å². The van der Waals surface area contributed by atoms with Crippen LogP contribution in [0.15, 0.2) is 36.4 Å². The van der Waals surface area contributed by atoms with E-state index >= 15 is 0 Å². The van der Waals surface area contributed by atoms with Crippen LogP contribution in [0.1, 0.15) is 144 Å². The van der Waals surface area contributed by atoms with Gasteiger partial charge < -0.3 is 19.3 Å². The van der Waals surface area contributed by atoms with Gasteiger partial charge in [0.2, 0.25) is 0 Å². The molecule has 46 heavy (non-hydrogen) atoms. The van der Waals surface area contributed by atoms with E-state index in [4.69, 9.17) is 9.47 Å². The number of carbonyl (C=O) groups excluding carboxylic acids is 4. The summed E-state index contributed by atoms with van der Waals surface area (Å²) in [5.41, 5.74) is 0.333. The number of ketones is 2. The van der Waals surface area contributed by atoms with Crippen LogP contribution in [-0.4, -0.2) is 85.8 Å². The number of unbranched alkanes of at least 4 members (excludes halogenated alkanes) is 4. The van der Waals surface area contributed by atoms with Crippen molar-refractivity contribution in [1.29, 1.82) is 0 Å². The Labute approximate surface area is 275 Å². The van der Waals surface area contributed by atoms with Crippen LogP contribution in [0.5, 0.6) is 0 Å². The van der Waals surface area contributed by atoms with Crippen molar-refractivity contribution in [2.24, 2.45) is 0 Å². The zero-order valence-corrected chi connectivity index (χ0v) is 28.5. The molecule has 0 aromatic heterocycles. The van der Waals surface area contributed by atoms with E-state index in [1.54, 1.807) is 24.3 Å². The second-order valence-electron chi connectivity index (χ2n) is 12.2. The van der Waals surface area contributed by atoms with Gasteiger partial charge in [-0.1, -0.05) is 77.6 Å². The van der Waals surface area contributed by atoms with Gasteiger partial charge in [-0.25, -0.2) is 9.59 Å². The molecule has 0 heterocycles. The first-order valence-electron chi connectivity index (χ1n) is 17.5. The zero-order valence-electron chi connectivity index (χ0n) is 28.5. The molecule has 0 bridgehead atoms.